The summed E-state index contributed by atoms with van der Waals surface area (Å²) in [6.45, 7) is 11.4. The Kier molecular flexibility index (Phi) is 4.61. The molecule has 0 amide bonds. The molecule has 0 aromatic heterocycles. The predicted molar refractivity (Wildman–Crippen MR) is 74.7 cm³/mol. The third-order valence-electron chi connectivity index (χ3n) is 3.43. The second kappa shape index (κ2) is 6.21. The number of benzene rings is 1. The van der Waals surface area contributed by atoms with Crippen LogP contribution in [-0.4, -0.2) is 47.6 Å². The van der Waals surface area contributed by atoms with Gasteiger partial charge in [-0.1, -0.05) is 26.0 Å². The number of aromatic hydroxyl groups is 1. The lowest BCUT2D eigenvalue weighted by molar-refractivity contribution is 0.117. The van der Waals surface area contributed by atoms with Crippen molar-refractivity contribution >= 4 is 0 Å². The number of hydrogen-bond acceptors (Lipinski definition) is 3. The van der Waals surface area contributed by atoms with Crippen molar-refractivity contribution < 1.29 is 5.11 Å². The number of piperazine rings is 1. The maximum atomic E-state index is 9.26. The van der Waals surface area contributed by atoms with Gasteiger partial charge in [-0.3, -0.25) is 4.90 Å². The molecule has 0 spiro atoms. The molecule has 0 unspecified atom stereocenters. The molecule has 1 fully saturated rings. The Bertz CT molecular complexity index is 353. The molecule has 1 aliphatic rings. The molecule has 0 bridgehead atoms. The topological polar surface area (TPSA) is 26.7 Å². The zero-order valence-electron chi connectivity index (χ0n) is 11.5. The van der Waals surface area contributed by atoms with Gasteiger partial charge in [-0.25, -0.2) is 0 Å². The van der Waals surface area contributed by atoms with E-state index in [-0.39, 0.29) is 0 Å². The summed E-state index contributed by atoms with van der Waals surface area (Å²) in [4.78, 5) is 5.04. The molecule has 1 saturated heterocycles. The van der Waals surface area contributed by atoms with Crippen molar-refractivity contribution in [3.05, 3.63) is 29.8 Å². The molecule has 1 aliphatic heterocycles. The second-order valence-corrected chi connectivity index (χ2v) is 5.64. The summed E-state index contributed by atoms with van der Waals surface area (Å²) >= 11 is 0. The Hall–Kier alpha value is -1.06. The van der Waals surface area contributed by atoms with E-state index in [2.05, 4.69) is 23.6 Å². The maximum absolute atomic E-state index is 9.26. The number of hydrogen-bond donors (Lipinski definition) is 1. The van der Waals surface area contributed by atoms with E-state index in [9.17, 15) is 5.11 Å². The molecule has 0 atom stereocenters. The summed E-state index contributed by atoms with van der Waals surface area (Å²) in [6.07, 6.45) is 0. The average Bonchev–Trinajstić information content (AvgIpc) is 2.34. The largest absolute Gasteiger partial charge is 0.508 e. The van der Waals surface area contributed by atoms with E-state index in [1.165, 1.54) is 25.2 Å². The second-order valence-electron chi connectivity index (χ2n) is 5.64. The fourth-order valence-corrected chi connectivity index (χ4v) is 2.51. The van der Waals surface area contributed by atoms with Gasteiger partial charge in [0, 0.05) is 39.3 Å². The first-order valence-corrected chi connectivity index (χ1v) is 6.86. The van der Waals surface area contributed by atoms with Crippen LogP contribution in [0.2, 0.25) is 0 Å². The van der Waals surface area contributed by atoms with Gasteiger partial charge < -0.3 is 10.0 Å². The molecular formula is C15H24N2O. The van der Waals surface area contributed by atoms with Crippen LogP contribution in [0, 0.1) is 5.92 Å². The molecule has 3 heteroatoms. The lowest BCUT2D eigenvalue weighted by Crippen LogP contribution is -2.46. The maximum Gasteiger partial charge on any atom is 0.115 e. The number of rotatable bonds is 4. The Morgan fingerprint density at radius 1 is 1.00 bits per heavy atom. The molecule has 0 saturated carbocycles. The van der Waals surface area contributed by atoms with E-state index in [1.807, 2.05) is 12.1 Å². The van der Waals surface area contributed by atoms with Crippen molar-refractivity contribution in [1.29, 1.82) is 0 Å². The molecule has 1 N–H and O–H groups in total. The van der Waals surface area contributed by atoms with Crippen LogP contribution in [0.4, 0.5) is 0 Å². The quantitative estimate of drug-likeness (QED) is 0.884. The van der Waals surface area contributed by atoms with Crippen molar-refractivity contribution in [2.24, 2.45) is 5.92 Å². The van der Waals surface area contributed by atoms with Crippen molar-refractivity contribution in [1.82, 2.24) is 9.80 Å². The first-order valence-electron chi connectivity index (χ1n) is 6.86. The van der Waals surface area contributed by atoms with Crippen molar-refractivity contribution in [2.75, 3.05) is 32.7 Å². The highest BCUT2D eigenvalue weighted by atomic mass is 16.3. The van der Waals surface area contributed by atoms with Crippen molar-refractivity contribution in [3.8, 4) is 5.75 Å². The number of phenols is 1. The van der Waals surface area contributed by atoms with Crippen LogP contribution in [0.5, 0.6) is 5.75 Å². The Balaban J connectivity index is 1.78. The zero-order valence-corrected chi connectivity index (χ0v) is 11.5. The monoisotopic (exact) mass is 248 g/mol. The Labute approximate surface area is 110 Å². The Morgan fingerprint density at radius 3 is 2.11 bits per heavy atom. The minimum Gasteiger partial charge on any atom is -0.508 e. The van der Waals surface area contributed by atoms with E-state index >= 15 is 0 Å². The predicted octanol–water partition coefficient (Wildman–Crippen LogP) is 2.17. The smallest absolute Gasteiger partial charge is 0.115 e. The fraction of sp³-hybridized carbons (Fsp3) is 0.600. The van der Waals surface area contributed by atoms with Gasteiger partial charge >= 0.3 is 0 Å². The molecule has 0 radical (unpaired) electrons. The van der Waals surface area contributed by atoms with Crippen LogP contribution in [0.3, 0.4) is 0 Å². The third-order valence-corrected chi connectivity index (χ3v) is 3.43. The van der Waals surface area contributed by atoms with E-state index < -0.39 is 0 Å². The average molecular weight is 248 g/mol. The summed E-state index contributed by atoms with van der Waals surface area (Å²) in [6, 6.07) is 7.56. The molecular weight excluding hydrogens is 224 g/mol. The third kappa shape index (κ3) is 4.00. The zero-order chi connectivity index (χ0) is 13.0. The highest BCUT2D eigenvalue weighted by molar-refractivity contribution is 5.25. The van der Waals surface area contributed by atoms with E-state index in [0.29, 0.717) is 5.75 Å². The summed E-state index contributed by atoms with van der Waals surface area (Å²) < 4.78 is 0. The highest BCUT2D eigenvalue weighted by Gasteiger charge is 2.17. The van der Waals surface area contributed by atoms with Gasteiger partial charge in [0.15, 0.2) is 0 Å². The van der Waals surface area contributed by atoms with Gasteiger partial charge in [0.25, 0.3) is 0 Å². The molecule has 1 aromatic carbocycles. The normalized spacial score (nSPS) is 18.4. The Morgan fingerprint density at radius 2 is 1.56 bits per heavy atom. The minimum absolute atomic E-state index is 0.348. The van der Waals surface area contributed by atoms with Gasteiger partial charge in [0.2, 0.25) is 0 Å². The van der Waals surface area contributed by atoms with Gasteiger partial charge in [-0.05, 0) is 23.6 Å². The summed E-state index contributed by atoms with van der Waals surface area (Å²) in [5.74, 6) is 1.11. The van der Waals surface area contributed by atoms with E-state index in [4.69, 9.17) is 0 Å². The van der Waals surface area contributed by atoms with Crippen LogP contribution < -0.4 is 0 Å². The molecule has 0 aliphatic carbocycles. The molecule has 3 nitrogen and oxygen atoms in total. The minimum atomic E-state index is 0.348. The van der Waals surface area contributed by atoms with E-state index in [1.54, 1.807) is 12.1 Å². The van der Waals surface area contributed by atoms with Crippen molar-refractivity contribution in [3.63, 3.8) is 0 Å². The van der Waals surface area contributed by atoms with Gasteiger partial charge in [-0.2, -0.15) is 0 Å². The van der Waals surface area contributed by atoms with E-state index in [0.717, 1.165) is 25.6 Å². The molecule has 1 heterocycles. The molecule has 18 heavy (non-hydrogen) atoms. The van der Waals surface area contributed by atoms with Gasteiger partial charge in [0.1, 0.15) is 5.75 Å². The lowest BCUT2D eigenvalue weighted by Gasteiger charge is -2.35. The lowest BCUT2D eigenvalue weighted by atomic mass is 10.1. The molecule has 2 rings (SSSR count). The number of nitrogens with zero attached hydrogens (tertiary/aromatic N) is 2. The van der Waals surface area contributed by atoms with Crippen LogP contribution in [0.25, 0.3) is 0 Å². The summed E-state index contributed by atoms with van der Waals surface area (Å²) in [5.41, 5.74) is 1.28. The summed E-state index contributed by atoms with van der Waals surface area (Å²) in [7, 11) is 0. The highest BCUT2D eigenvalue weighted by Crippen LogP contribution is 2.13. The standard InChI is InChI=1S/C15H24N2O/c1-13(2)11-16-7-9-17(10-8-16)12-14-3-5-15(18)6-4-14/h3-6,13,18H,7-12H2,1-2H3. The fourth-order valence-electron chi connectivity index (χ4n) is 2.51. The van der Waals surface area contributed by atoms with Crippen molar-refractivity contribution in [2.45, 2.75) is 20.4 Å². The van der Waals surface area contributed by atoms with Crippen LogP contribution >= 0.6 is 0 Å². The number of phenolic OH excluding ortho intramolecular Hbond substituents is 1. The van der Waals surface area contributed by atoms with Gasteiger partial charge in [-0.15, -0.1) is 0 Å². The first kappa shape index (κ1) is 13.4. The SMILES string of the molecule is CC(C)CN1CCN(Cc2ccc(O)cc2)CC1. The summed E-state index contributed by atoms with van der Waals surface area (Å²) in [5, 5.41) is 9.26. The first-order chi connectivity index (χ1) is 8.63. The molecule has 100 valence electrons. The van der Waals surface area contributed by atoms with Gasteiger partial charge in [0.05, 0.1) is 0 Å². The van der Waals surface area contributed by atoms with Crippen LogP contribution in [-0.2, 0) is 6.54 Å². The van der Waals surface area contributed by atoms with Crippen LogP contribution in [0.1, 0.15) is 19.4 Å². The molecule has 1 aromatic rings. The van der Waals surface area contributed by atoms with Crippen LogP contribution in [0.15, 0.2) is 24.3 Å².